The van der Waals surface area contributed by atoms with Crippen LogP contribution >= 0.6 is 7.82 Å². The molecular weight excluding hydrogens is 447 g/mol. The van der Waals surface area contributed by atoms with Gasteiger partial charge in [0.15, 0.2) is 5.76 Å². The van der Waals surface area contributed by atoms with Gasteiger partial charge in [-0.2, -0.15) is 0 Å². The third-order valence-electron chi connectivity index (χ3n) is 4.75. The average Bonchev–Trinajstić information content (AvgIpc) is 3.26. The van der Waals surface area contributed by atoms with Gasteiger partial charge in [0.25, 0.3) is 5.82 Å². The molecule has 3 heterocycles. The monoisotopic (exact) mass is 469 g/mol. The Morgan fingerprint density at radius 3 is 2.61 bits per heavy atom. The first-order valence-corrected chi connectivity index (χ1v) is 11.4. The number of nitrogen functional groups attached to an aromatic ring is 1. The summed E-state index contributed by atoms with van der Waals surface area (Å²) < 4.78 is 28.0. The summed E-state index contributed by atoms with van der Waals surface area (Å²) in [4.78, 5) is 21.8. The second-order valence-corrected chi connectivity index (χ2v) is 8.42. The maximum atomic E-state index is 11.0. The van der Waals surface area contributed by atoms with Crippen molar-refractivity contribution in [1.82, 2.24) is 10.1 Å². The fraction of sp³-hybridized carbons (Fsp3) is 0.136. The third kappa shape index (κ3) is 6.24. The number of phosphoric acid groups is 1. The standard InChI is InChI=1S/C22H21N4O6P/c23-22-20(4-2-10-26(22)15-31-33(27,28)29)21-12-18(25-32-21)11-16-5-7-17(8-6-16)14-30-19-3-1-9-24-13-19/h1-10,12-13,23H,11,14-15H2,(H2,27,28,29)/p+1. The number of nitrogens with two attached hydrogens (primary N) is 1. The Kier molecular flexibility index (Phi) is 6.81. The number of hydrogen-bond donors (Lipinski definition) is 3. The van der Waals surface area contributed by atoms with E-state index < -0.39 is 14.6 Å². The van der Waals surface area contributed by atoms with Crippen LogP contribution in [0.1, 0.15) is 16.8 Å². The maximum Gasteiger partial charge on any atom is 0.472 e. The maximum absolute atomic E-state index is 11.0. The lowest BCUT2D eigenvalue weighted by atomic mass is 10.1. The van der Waals surface area contributed by atoms with Crippen LogP contribution in [0.5, 0.6) is 5.75 Å². The second-order valence-electron chi connectivity index (χ2n) is 7.18. The van der Waals surface area contributed by atoms with Crippen LogP contribution in [0, 0.1) is 0 Å². The van der Waals surface area contributed by atoms with Gasteiger partial charge in [-0.25, -0.2) is 13.7 Å². The number of pyridine rings is 2. The number of benzene rings is 1. The van der Waals surface area contributed by atoms with E-state index in [1.807, 2.05) is 36.4 Å². The lowest BCUT2D eigenvalue weighted by Gasteiger charge is -2.07. The molecule has 4 rings (SSSR count). The highest BCUT2D eigenvalue weighted by Gasteiger charge is 2.20. The zero-order valence-corrected chi connectivity index (χ0v) is 18.3. The summed E-state index contributed by atoms with van der Waals surface area (Å²) in [5.74, 6) is 1.38. The molecule has 11 heteroatoms. The first kappa shape index (κ1) is 22.6. The number of ether oxygens (including phenoxy) is 1. The van der Waals surface area contributed by atoms with Gasteiger partial charge in [-0.15, -0.1) is 0 Å². The van der Waals surface area contributed by atoms with E-state index in [1.165, 1.54) is 4.57 Å². The summed E-state index contributed by atoms with van der Waals surface area (Å²) in [5.41, 5.74) is 9.45. The summed E-state index contributed by atoms with van der Waals surface area (Å²) in [7, 11) is -4.62. The van der Waals surface area contributed by atoms with Crippen molar-refractivity contribution in [2.45, 2.75) is 19.8 Å². The molecule has 3 aromatic heterocycles. The van der Waals surface area contributed by atoms with Crippen LogP contribution in [0.3, 0.4) is 0 Å². The van der Waals surface area contributed by atoms with Crippen molar-refractivity contribution in [3.63, 3.8) is 0 Å². The van der Waals surface area contributed by atoms with Crippen molar-refractivity contribution >= 4 is 13.6 Å². The van der Waals surface area contributed by atoms with E-state index in [1.54, 1.807) is 36.8 Å². The Balaban J connectivity index is 1.40. The molecule has 4 aromatic rings. The molecule has 0 radical (unpaired) electrons. The fourth-order valence-electron chi connectivity index (χ4n) is 3.11. The zero-order chi connectivity index (χ0) is 23.3. The number of anilines is 1. The molecule has 0 saturated heterocycles. The Bertz CT molecular complexity index is 1260. The van der Waals surface area contributed by atoms with Crippen molar-refractivity contribution in [2.24, 2.45) is 0 Å². The largest absolute Gasteiger partial charge is 0.487 e. The minimum atomic E-state index is -4.62. The van der Waals surface area contributed by atoms with Gasteiger partial charge in [-0.3, -0.25) is 10.7 Å². The van der Waals surface area contributed by atoms with Crippen LogP contribution in [-0.2, 0) is 28.8 Å². The molecule has 1 aromatic carbocycles. The SMILES string of the molecule is Nc1c(-c2cc(Cc3ccc(COc4cccnc4)cc3)no2)ccc[n+]1COP(=O)(O)O. The molecule has 170 valence electrons. The normalized spacial score (nSPS) is 11.5. The number of hydrogen-bond acceptors (Lipinski definition) is 7. The van der Waals surface area contributed by atoms with Crippen LogP contribution in [0.2, 0.25) is 0 Å². The fourth-order valence-corrected chi connectivity index (χ4v) is 3.38. The van der Waals surface area contributed by atoms with Gasteiger partial charge in [0.1, 0.15) is 17.9 Å². The van der Waals surface area contributed by atoms with Gasteiger partial charge < -0.3 is 19.0 Å². The minimum Gasteiger partial charge on any atom is -0.487 e. The van der Waals surface area contributed by atoms with Gasteiger partial charge in [-0.05, 0) is 35.4 Å². The van der Waals surface area contributed by atoms with Crippen molar-refractivity contribution < 1.29 is 32.7 Å². The summed E-state index contributed by atoms with van der Waals surface area (Å²) >= 11 is 0. The second kappa shape index (κ2) is 9.93. The number of nitrogens with zero attached hydrogens (tertiary/aromatic N) is 3. The van der Waals surface area contributed by atoms with Gasteiger partial charge in [0.2, 0.25) is 6.73 Å². The molecule has 0 aliphatic carbocycles. The molecule has 0 fully saturated rings. The topological polar surface area (TPSA) is 145 Å². The van der Waals surface area contributed by atoms with E-state index in [9.17, 15) is 4.57 Å². The van der Waals surface area contributed by atoms with E-state index in [0.717, 1.165) is 11.1 Å². The summed E-state index contributed by atoms with van der Waals surface area (Å²) in [5, 5.41) is 4.12. The van der Waals surface area contributed by atoms with E-state index in [4.69, 9.17) is 24.8 Å². The first-order valence-electron chi connectivity index (χ1n) is 9.92. The number of aromatic nitrogens is 3. The molecule has 33 heavy (non-hydrogen) atoms. The minimum absolute atomic E-state index is 0.228. The van der Waals surface area contributed by atoms with Crippen LogP contribution in [-0.4, -0.2) is 19.9 Å². The van der Waals surface area contributed by atoms with E-state index >= 15 is 0 Å². The first-order chi connectivity index (χ1) is 15.9. The summed E-state index contributed by atoms with van der Waals surface area (Å²) in [6.07, 6.45) is 5.47. The predicted octanol–water partition coefficient (Wildman–Crippen LogP) is 2.84. The van der Waals surface area contributed by atoms with Gasteiger partial charge in [0, 0.05) is 18.7 Å². The molecule has 0 spiro atoms. The van der Waals surface area contributed by atoms with Crippen LogP contribution in [0.4, 0.5) is 5.82 Å². The Morgan fingerprint density at radius 2 is 1.88 bits per heavy atom. The molecule has 0 aliphatic rings. The molecule has 0 amide bonds. The van der Waals surface area contributed by atoms with Crippen molar-refractivity contribution in [3.8, 4) is 17.1 Å². The van der Waals surface area contributed by atoms with Crippen LogP contribution in [0.15, 0.2) is 77.7 Å². The lowest BCUT2D eigenvalue weighted by Crippen LogP contribution is -2.38. The molecule has 10 nitrogen and oxygen atoms in total. The molecular formula is C22H22N4O6P+. The summed E-state index contributed by atoms with van der Waals surface area (Å²) in [6.45, 7) is 0.0425. The van der Waals surface area contributed by atoms with Gasteiger partial charge >= 0.3 is 7.82 Å². The smallest absolute Gasteiger partial charge is 0.472 e. The van der Waals surface area contributed by atoms with Crippen molar-refractivity contribution in [3.05, 3.63) is 90.0 Å². The number of rotatable bonds is 9. The zero-order valence-electron chi connectivity index (χ0n) is 17.4. The molecule has 0 unspecified atom stereocenters. The predicted molar refractivity (Wildman–Crippen MR) is 117 cm³/mol. The van der Waals surface area contributed by atoms with Crippen molar-refractivity contribution in [2.75, 3.05) is 5.73 Å². The third-order valence-corrected chi connectivity index (χ3v) is 5.20. The quantitative estimate of drug-likeness (QED) is 0.249. The average molecular weight is 469 g/mol. The molecule has 0 aliphatic heterocycles. The van der Waals surface area contributed by atoms with Crippen LogP contribution in [0.25, 0.3) is 11.3 Å². The van der Waals surface area contributed by atoms with E-state index in [0.29, 0.717) is 35.8 Å². The van der Waals surface area contributed by atoms with E-state index in [-0.39, 0.29) is 5.82 Å². The molecule has 0 saturated carbocycles. The van der Waals surface area contributed by atoms with Crippen LogP contribution < -0.4 is 15.0 Å². The molecule has 4 N–H and O–H groups in total. The molecule has 0 bridgehead atoms. The number of phosphoric ester groups is 1. The van der Waals surface area contributed by atoms with Gasteiger partial charge in [-0.1, -0.05) is 29.4 Å². The Morgan fingerprint density at radius 1 is 1.09 bits per heavy atom. The Hall–Kier alpha value is -3.56. The highest BCUT2D eigenvalue weighted by molar-refractivity contribution is 7.46. The summed E-state index contributed by atoms with van der Waals surface area (Å²) in [6, 6.07) is 16.8. The van der Waals surface area contributed by atoms with Gasteiger partial charge in [0.05, 0.1) is 18.1 Å². The Labute approximate surface area is 189 Å². The van der Waals surface area contributed by atoms with Crippen molar-refractivity contribution in [1.29, 1.82) is 0 Å². The highest BCUT2D eigenvalue weighted by atomic mass is 31.2. The van der Waals surface area contributed by atoms with E-state index in [2.05, 4.69) is 14.7 Å². The highest BCUT2D eigenvalue weighted by Crippen LogP contribution is 2.35. The lowest BCUT2D eigenvalue weighted by molar-refractivity contribution is -0.711. The molecule has 0 atom stereocenters.